The van der Waals surface area contributed by atoms with Crippen LogP contribution in [0.15, 0.2) is 30.3 Å². The van der Waals surface area contributed by atoms with E-state index in [-0.39, 0.29) is 11.7 Å². The van der Waals surface area contributed by atoms with Crippen molar-refractivity contribution in [2.24, 2.45) is 5.92 Å². The molecule has 1 aromatic carbocycles. The summed E-state index contributed by atoms with van der Waals surface area (Å²) in [5.74, 6) is 0.472. The van der Waals surface area contributed by atoms with Crippen LogP contribution in [-0.4, -0.2) is 12.1 Å². The topological polar surface area (TPSA) is 34.1 Å². The van der Waals surface area contributed by atoms with Gasteiger partial charge in [0.15, 0.2) is 0 Å². The highest BCUT2D eigenvalue weighted by Crippen LogP contribution is 1.91. The van der Waals surface area contributed by atoms with Gasteiger partial charge in [-0.1, -0.05) is 44.2 Å². The number of aldehydes is 1. The summed E-state index contributed by atoms with van der Waals surface area (Å²) in [4.78, 5) is 20.2. The number of ketones is 1. The second kappa shape index (κ2) is 7.01. The summed E-state index contributed by atoms with van der Waals surface area (Å²) in [7, 11) is 0. The van der Waals surface area contributed by atoms with Gasteiger partial charge in [0.1, 0.15) is 12.1 Å². The van der Waals surface area contributed by atoms with Gasteiger partial charge in [-0.3, -0.25) is 9.59 Å². The maximum atomic E-state index is 10.1. The summed E-state index contributed by atoms with van der Waals surface area (Å²) in [5, 5.41) is 0. The molecule has 2 heteroatoms. The second-order valence-electron chi connectivity index (χ2n) is 3.29. The second-order valence-corrected chi connectivity index (χ2v) is 3.29. The zero-order valence-corrected chi connectivity index (χ0v) is 8.86. The third-order valence-electron chi connectivity index (χ3n) is 1.75. The van der Waals surface area contributed by atoms with Gasteiger partial charge < -0.3 is 0 Å². The minimum Gasteiger partial charge on any atom is -0.300 e. The molecule has 76 valence electrons. The van der Waals surface area contributed by atoms with Crippen molar-refractivity contribution in [2.45, 2.75) is 20.8 Å². The molecule has 0 spiro atoms. The first-order chi connectivity index (χ1) is 6.57. The van der Waals surface area contributed by atoms with E-state index in [2.05, 4.69) is 0 Å². The molecule has 1 rings (SSSR count). The van der Waals surface area contributed by atoms with Crippen LogP contribution in [0.1, 0.15) is 31.1 Å². The largest absolute Gasteiger partial charge is 0.300 e. The molecule has 0 fully saturated rings. The smallest absolute Gasteiger partial charge is 0.150 e. The molecule has 0 N–H and O–H groups in total. The molecule has 0 atom stereocenters. The third kappa shape index (κ3) is 6.12. The molecular weight excluding hydrogens is 176 g/mol. The van der Waals surface area contributed by atoms with Crippen molar-refractivity contribution < 1.29 is 9.59 Å². The minimum absolute atomic E-state index is 0.213. The number of carbonyl (C=O) groups excluding carboxylic acids is 2. The van der Waals surface area contributed by atoms with Gasteiger partial charge in [-0.25, -0.2) is 0 Å². The van der Waals surface area contributed by atoms with Crippen LogP contribution in [0.4, 0.5) is 0 Å². The number of carbonyl (C=O) groups is 2. The van der Waals surface area contributed by atoms with E-state index < -0.39 is 0 Å². The molecule has 0 radical (unpaired) electrons. The van der Waals surface area contributed by atoms with E-state index in [4.69, 9.17) is 0 Å². The normalized spacial score (nSPS) is 8.86. The summed E-state index contributed by atoms with van der Waals surface area (Å²) in [6.07, 6.45) is 0.833. The van der Waals surface area contributed by atoms with Gasteiger partial charge >= 0.3 is 0 Å². The quantitative estimate of drug-likeness (QED) is 0.675. The maximum Gasteiger partial charge on any atom is 0.150 e. The first kappa shape index (κ1) is 12.6. The Balaban J connectivity index is 0.000000255. The van der Waals surface area contributed by atoms with Crippen molar-refractivity contribution in [1.82, 2.24) is 0 Å². The highest BCUT2D eigenvalue weighted by molar-refractivity contribution is 5.77. The Bertz CT molecular complexity index is 276. The van der Waals surface area contributed by atoms with Gasteiger partial charge in [0.2, 0.25) is 0 Å². The number of hydrogen-bond donors (Lipinski definition) is 0. The Hall–Kier alpha value is -1.44. The monoisotopic (exact) mass is 192 g/mol. The first-order valence-corrected chi connectivity index (χ1v) is 4.58. The van der Waals surface area contributed by atoms with E-state index in [0.29, 0.717) is 0 Å². The summed E-state index contributed by atoms with van der Waals surface area (Å²) in [6, 6.07) is 9.10. The highest BCUT2D eigenvalue weighted by Gasteiger charge is 1.95. The molecule has 0 aromatic heterocycles. The van der Waals surface area contributed by atoms with Gasteiger partial charge in [-0.05, 0) is 6.92 Å². The SMILES string of the molecule is CC(=O)C(C)C.O=Cc1ccccc1. The van der Waals surface area contributed by atoms with Crippen molar-refractivity contribution in [3.63, 3.8) is 0 Å². The maximum absolute atomic E-state index is 10.1. The number of hydrogen-bond acceptors (Lipinski definition) is 2. The van der Waals surface area contributed by atoms with E-state index in [9.17, 15) is 9.59 Å². The van der Waals surface area contributed by atoms with Gasteiger partial charge in [0.25, 0.3) is 0 Å². The molecule has 0 amide bonds. The molecule has 0 aliphatic heterocycles. The number of benzene rings is 1. The van der Waals surface area contributed by atoms with E-state index in [1.807, 2.05) is 32.0 Å². The van der Waals surface area contributed by atoms with Gasteiger partial charge in [-0.2, -0.15) is 0 Å². The molecule has 0 saturated heterocycles. The Morgan fingerprint density at radius 2 is 1.64 bits per heavy atom. The van der Waals surface area contributed by atoms with E-state index >= 15 is 0 Å². The van der Waals surface area contributed by atoms with Crippen LogP contribution in [0.3, 0.4) is 0 Å². The number of Topliss-reactive ketones (excluding diaryl/α,β-unsaturated/α-hetero) is 1. The molecule has 0 heterocycles. The van der Waals surface area contributed by atoms with E-state index in [0.717, 1.165) is 11.8 Å². The van der Waals surface area contributed by atoms with Crippen LogP contribution in [-0.2, 0) is 4.79 Å². The summed E-state index contributed by atoms with van der Waals surface area (Å²) in [5.41, 5.74) is 0.729. The summed E-state index contributed by atoms with van der Waals surface area (Å²) >= 11 is 0. The summed E-state index contributed by atoms with van der Waals surface area (Å²) in [6.45, 7) is 5.38. The molecule has 0 aliphatic rings. The molecule has 1 aromatic rings. The molecule has 0 aliphatic carbocycles. The standard InChI is InChI=1S/C7H6O.C5H10O/c8-6-7-4-2-1-3-5-7;1-4(2)5(3)6/h1-6H;4H,1-3H3. The fourth-order valence-electron chi connectivity index (χ4n) is 0.532. The molecule has 2 nitrogen and oxygen atoms in total. The summed E-state index contributed by atoms with van der Waals surface area (Å²) < 4.78 is 0. The Morgan fingerprint density at radius 1 is 1.21 bits per heavy atom. The zero-order chi connectivity index (χ0) is 11.0. The Morgan fingerprint density at radius 3 is 1.86 bits per heavy atom. The average Bonchev–Trinajstić information content (AvgIpc) is 2.20. The lowest BCUT2D eigenvalue weighted by Crippen LogP contribution is -1.98. The Kier molecular flexibility index (Phi) is 6.29. The van der Waals surface area contributed by atoms with Gasteiger partial charge in [0.05, 0.1) is 0 Å². The highest BCUT2D eigenvalue weighted by atomic mass is 16.1. The molecule has 14 heavy (non-hydrogen) atoms. The van der Waals surface area contributed by atoms with Crippen molar-refractivity contribution in [3.8, 4) is 0 Å². The predicted octanol–water partition coefficient (Wildman–Crippen LogP) is 2.73. The molecule has 0 saturated carbocycles. The van der Waals surface area contributed by atoms with Crippen molar-refractivity contribution in [2.75, 3.05) is 0 Å². The van der Waals surface area contributed by atoms with Crippen LogP contribution in [0.25, 0.3) is 0 Å². The van der Waals surface area contributed by atoms with Crippen LogP contribution in [0.5, 0.6) is 0 Å². The van der Waals surface area contributed by atoms with Crippen LogP contribution >= 0.6 is 0 Å². The van der Waals surface area contributed by atoms with Gasteiger partial charge in [0, 0.05) is 11.5 Å². The number of rotatable bonds is 2. The molecule has 0 unspecified atom stereocenters. The fraction of sp³-hybridized carbons (Fsp3) is 0.333. The fourth-order valence-corrected chi connectivity index (χ4v) is 0.532. The van der Waals surface area contributed by atoms with E-state index in [1.54, 1.807) is 19.1 Å². The van der Waals surface area contributed by atoms with Crippen LogP contribution < -0.4 is 0 Å². The molecular formula is C12H16O2. The minimum atomic E-state index is 0.213. The lowest BCUT2D eigenvalue weighted by molar-refractivity contribution is -0.119. The van der Waals surface area contributed by atoms with Crippen LogP contribution in [0.2, 0.25) is 0 Å². The Labute approximate surface area is 84.9 Å². The average molecular weight is 192 g/mol. The lowest BCUT2D eigenvalue weighted by atomic mass is 10.1. The van der Waals surface area contributed by atoms with Gasteiger partial charge in [-0.15, -0.1) is 0 Å². The van der Waals surface area contributed by atoms with Crippen molar-refractivity contribution in [1.29, 1.82) is 0 Å². The van der Waals surface area contributed by atoms with Crippen molar-refractivity contribution >= 4 is 12.1 Å². The third-order valence-corrected chi connectivity index (χ3v) is 1.75. The zero-order valence-electron chi connectivity index (χ0n) is 8.86. The van der Waals surface area contributed by atoms with E-state index in [1.165, 1.54) is 0 Å². The molecule has 0 bridgehead atoms. The first-order valence-electron chi connectivity index (χ1n) is 4.58. The predicted molar refractivity (Wildman–Crippen MR) is 57.3 cm³/mol. The van der Waals surface area contributed by atoms with Crippen molar-refractivity contribution in [3.05, 3.63) is 35.9 Å². The van der Waals surface area contributed by atoms with Crippen LogP contribution in [0, 0.1) is 5.92 Å². The lowest BCUT2D eigenvalue weighted by Gasteiger charge is -1.90.